The van der Waals surface area contributed by atoms with E-state index in [4.69, 9.17) is 0 Å². The molecule has 20 heavy (non-hydrogen) atoms. The van der Waals surface area contributed by atoms with E-state index < -0.39 is 35.1 Å². The number of hydrogen-bond acceptors (Lipinski definition) is 3. The summed E-state index contributed by atoms with van der Waals surface area (Å²) in [6.07, 6.45) is -4.34. The molecule has 1 saturated heterocycles. The van der Waals surface area contributed by atoms with Gasteiger partial charge in [0.1, 0.15) is 5.69 Å². The molecule has 2 heterocycles. The topological polar surface area (TPSA) is 85.4 Å². The maximum Gasteiger partial charge on any atom is 0.417 e. The van der Waals surface area contributed by atoms with Crippen LogP contribution in [0.2, 0.25) is 0 Å². The van der Waals surface area contributed by atoms with E-state index in [1.165, 1.54) is 4.90 Å². The molecule has 3 N–H and O–H groups in total. The predicted molar refractivity (Wildman–Crippen MR) is 63.3 cm³/mol. The van der Waals surface area contributed by atoms with Crippen molar-refractivity contribution in [3.8, 4) is 0 Å². The predicted octanol–water partition coefficient (Wildman–Crippen LogP) is 0.992. The van der Waals surface area contributed by atoms with Crippen molar-refractivity contribution in [1.82, 2.24) is 9.88 Å². The highest BCUT2D eigenvalue weighted by atomic mass is 19.4. The summed E-state index contributed by atoms with van der Waals surface area (Å²) in [6.45, 7) is 0.368. The number of aromatic nitrogens is 1. The molecule has 1 aromatic rings. The van der Waals surface area contributed by atoms with Crippen molar-refractivity contribution in [2.75, 3.05) is 18.4 Å². The summed E-state index contributed by atoms with van der Waals surface area (Å²) in [5, 5.41) is 11.4. The summed E-state index contributed by atoms with van der Waals surface area (Å²) in [4.78, 5) is 26.3. The van der Waals surface area contributed by atoms with Crippen molar-refractivity contribution in [1.29, 1.82) is 0 Å². The van der Waals surface area contributed by atoms with Crippen molar-refractivity contribution < 1.29 is 23.1 Å². The molecule has 2 amide bonds. The minimum Gasteiger partial charge on any atom is -0.391 e. The Morgan fingerprint density at radius 1 is 1.50 bits per heavy atom. The van der Waals surface area contributed by atoms with E-state index in [-0.39, 0.29) is 13.1 Å². The van der Waals surface area contributed by atoms with Gasteiger partial charge in [-0.2, -0.15) is 13.2 Å². The number of carbonyl (C=O) groups excluding carboxylic acids is 1. The van der Waals surface area contributed by atoms with Crippen LogP contribution in [0.3, 0.4) is 0 Å². The number of pyridine rings is 1. The molecular formula is C11H12F3N3O3. The third kappa shape index (κ3) is 3.10. The van der Waals surface area contributed by atoms with E-state index in [1.54, 1.807) is 0 Å². The number of nitrogens with zero attached hydrogens (tertiary/aromatic N) is 1. The number of hydrogen-bond donors (Lipinski definition) is 3. The first-order valence-electron chi connectivity index (χ1n) is 5.81. The molecule has 6 nitrogen and oxygen atoms in total. The van der Waals surface area contributed by atoms with E-state index in [0.717, 1.165) is 0 Å². The average Bonchev–Trinajstić information content (AvgIpc) is 2.77. The quantitative estimate of drug-likeness (QED) is 0.721. The van der Waals surface area contributed by atoms with Gasteiger partial charge in [-0.05, 0) is 12.5 Å². The number of aromatic amines is 1. The van der Waals surface area contributed by atoms with Gasteiger partial charge in [0.15, 0.2) is 0 Å². The van der Waals surface area contributed by atoms with E-state index in [2.05, 4.69) is 5.32 Å². The molecule has 0 bridgehead atoms. The number of carbonyl (C=O) groups is 1. The van der Waals surface area contributed by atoms with Crippen LogP contribution in [0.15, 0.2) is 17.1 Å². The number of urea groups is 1. The molecule has 0 aromatic carbocycles. The van der Waals surface area contributed by atoms with Crippen LogP contribution in [-0.4, -0.2) is 40.2 Å². The second-order valence-electron chi connectivity index (χ2n) is 4.45. The summed E-state index contributed by atoms with van der Waals surface area (Å²) < 4.78 is 37.5. The van der Waals surface area contributed by atoms with Crippen LogP contribution in [0.5, 0.6) is 0 Å². The lowest BCUT2D eigenvalue weighted by Gasteiger charge is -2.16. The Morgan fingerprint density at radius 2 is 2.20 bits per heavy atom. The summed E-state index contributed by atoms with van der Waals surface area (Å²) in [7, 11) is 0. The highest BCUT2D eigenvalue weighted by Crippen LogP contribution is 2.29. The molecule has 0 radical (unpaired) electrons. The Hall–Kier alpha value is -2.03. The number of H-pyrrole nitrogens is 1. The largest absolute Gasteiger partial charge is 0.417 e. The smallest absolute Gasteiger partial charge is 0.391 e. The average molecular weight is 291 g/mol. The fraction of sp³-hybridized carbons (Fsp3) is 0.455. The number of aliphatic hydroxyl groups is 1. The molecule has 1 aliphatic heterocycles. The molecule has 0 saturated carbocycles. The van der Waals surface area contributed by atoms with Crippen LogP contribution in [-0.2, 0) is 6.18 Å². The summed E-state index contributed by atoms with van der Waals surface area (Å²) in [5.41, 5.74) is -2.37. The Kier molecular flexibility index (Phi) is 3.71. The van der Waals surface area contributed by atoms with Gasteiger partial charge in [0.25, 0.3) is 5.56 Å². The number of amides is 2. The van der Waals surface area contributed by atoms with E-state index in [9.17, 15) is 27.9 Å². The van der Waals surface area contributed by atoms with Crippen molar-refractivity contribution in [2.24, 2.45) is 0 Å². The molecule has 0 spiro atoms. The van der Waals surface area contributed by atoms with Crippen molar-refractivity contribution in [3.05, 3.63) is 28.2 Å². The van der Waals surface area contributed by atoms with Gasteiger partial charge < -0.3 is 20.3 Å². The van der Waals surface area contributed by atoms with Crippen LogP contribution in [0.4, 0.5) is 23.7 Å². The molecule has 1 atom stereocenters. The molecule has 110 valence electrons. The van der Waals surface area contributed by atoms with Gasteiger partial charge in [-0.1, -0.05) is 0 Å². The lowest BCUT2D eigenvalue weighted by atomic mass is 10.2. The zero-order valence-corrected chi connectivity index (χ0v) is 10.2. The zero-order valence-electron chi connectivity index (χ0n) is 10.2. The van der Waals surface area contributed by atoms with Gasteiger partial charge >= 0.3 is 12.2 Å². The number of halogens is 3. The first-order chi connectivity index (χ1) is 9.27. The van der Waals surface area contributed by atoms with Crippen LogP contribution >= 0.6 is 0 Å². The lowest BCUT2D eigenvalue weighted by molar-refractivity contribution is -0.137. The maximum absolute atomic E-state index is 12.5. The van der Waals surface area contributed by atoms with E-state index in [1.807, 2.05) is 4.98 Å². The lowest BCUT2D eigenvalue weighted by Crippen LogP contribution is -2.35. The monoisotopic (exact) mass is 291 g/mol. The second-order valence-corrected chi connectivity index (χ2v) is 4.45. The number of β-amino-alcohol motifs (C(OH)–C–C–N with tert-alkyl or cyclic N) is 1. The normalized spacial score (nSPS) is 19.2. The number of aliphatic hydroxyl groups excluding tert-OH is 1. The van der Waals surface area contributed by atoms with Gasteiger partial charge in [0.2, 0.25) is 0 Å². The molecule has 2 rings (SSSR count). The molecule has 1 unspecified atom stereocenters. The van der Waals surface area contributed by atoms with Crippen LogP contribution < -0.4 is 10.9 Å². The first-order valence-corrected chi connectivity index (χ1v) is 5.81. The second kappa shape index (κ2) is 5.16. The van der Waals surface area contributed by atoms with Gasteiger partial charge in [0, 0.05) is 19.3 Å². The van der Waals surface area contributed by atoms with Gasteiger partial charge in [-0.15, -0.1) is 0 Å². The summed E-state index contributed by atoms with van der Waals surface area (Å²) in [5.74, 6) is 0. The highest BCUT2D eigenvalue weighted by molar-refractivity contribution is 5.89. The van der Waals surface area contributed by atoms with Crippen molar-refractivity contribution in [3.63, 3.8) is 0 Å². The molecule has 1 aromatic heterocycles. The van der Waals surface area contributed by atoms with Crippen LogP contribution in [0.1, 0.15) is 12.0 Å². The minimum atomic E-state index is -4.62. The van der Waals surface area contributed by atoms with Crippen molar-refractivity contribution in [2.45, 2.75) is 18.7 Å². The third-order valence-electron chi connectivity index (χ3n) is 2.92. The Bertz CT molecular complexity index is 570. The number of rotatable bonds is 1. The molecular weight excluding hydrogens is 279 g/mol. The number of anilines is 1. The molecule has 9 heteroatoms. The Labute approximate surface area is 111 Å². The molecule has 1 fully saturated rings. The standard InChI is InChI=1S/C11H12F3N3O3/c12-11(13,14)6-3-8(9(19)15-4-6)16-10(20)17-2-1-7(18)5-17/h3-4,7,18H,1-2,5H2,(H,15,19)(H,16,20). The molecule has 1 aliphatic rings. The van der Waals surface area contributed by atoms with Crippen LogP contribution in [0.25, 0.3) is 0 Å². The summed E-state index contributed by atoms with van der Waals surface area (Å²) >= 11 is 0. The van der Waals surface area contributed by atoms with E-state index >= 15 is 0 Å². The Balaban J connectivity index is 2.17. The summed E-state index contributed by atoms with van der Waals surface area (Å²) in [6, 6.07) is -0.144. The number of alkyl halides is 3. The fourth-order valence-corrected chi connectivity index (χ4v) is 1.86. The fourth-order valence-electron chi connectivity index (χ4n) is 1.86. The van der Waals surface area contributed by atoms with Gasteiger partial charge in [0.05, 0.1) is 11.7 Å². The first kappa shape index (κ1) is 14.4. The van der Waals surface area contributed by atoms with Gasteiger partial charge in [-0.3, -0.25) is 4.79 Å². The Morgan fingerprint density at radius 3 is 2.75 bits per heavy atom. The highest BCUT2D eigenvalue weighted by Gasteiger charge is 2.32. The van der Waals surface area contributed by atoms with E-state index in [0.29, 0.717) is 18.7 Å². The van der Waals surface area contributed by atoms with Crippen LogP contribution in [0, 0.1) is 0 Å². The number of likely N-dealkylation sites (tertiary alicyclic amines) is 1. The minimum absolute atomic E-state index is 0.0860. The number of nitrogens with one attached hydrogen (secondary N) is 2. The molecule has 0 aliphatic carbocycles. The van der Waals surface area contributed by atoms with Gasteiger partial charge in [-0.25, -0.2) is 4.79 Å². The van der Waals surface area contributed by atoms with Crippen molar-refractivity contribution >= 4 is 11.7 Å². The third-order valence-corrected chi connectivity index (χ3v) is 2.92. The maximum atomic E-state index is 12.5. The SMILES string of the molecule is O=C(Nc1cc(C(F)(F)F)c[nH]c1=O)N1CCC(O)C1. The zero-order chi connectivity index (χ0) is 14.9.